The Hall–Kier alpha value is -5.08. The number of hydrogen-bond acceptors (Lipinski definition) is 9. The number of aromatic amines is 1. The molecule has 0 bridgehead atoms. The van der Waals surface area contributed by atoms with Crippen LogP contribution in [0.3, 0.4) is 0 Å². The van der Waals surface area contributed by atoms with Gasteiger partial charge in [0.05, 0.1) is 21.3 Å². The van der Waals surface area contributed by atoms with E-state index in [1.165, 1.54) is 11.0 Å². The Bertz CT molecular complexity index is 2200. The zero-order valence-electron chi connectivity index (χ0n) is 31.9. The predicted octanol–water partition coefficient (Wildman–Crippen LogP) is 7.76. The van der Waals surface area contributed by atoms with E-state index in [0.29, 0.717) is 65.6 Å². The normalized spacial score (nSPS) is 13.5. The fourth-order valence-corrected chi connectivity index (χ4v) is 8.11. The van der Waals surface area contributed by atoms with Crippen molar-refractivity contribution in [3.8, 4) is 5.75 Å². The molecule has 3 amide bonds. The number of alkyl carbamates (subject to hydrolysis) is 1. The van der Waals surface area contributed by atoms with Gasteiger partial charge in [-0.2, -0.15) is 0 Å². The number of carbonyl (C=O) groups is 3. The predicted molar refractivity (Wildman–Crippen MR) is 225 cm³/mol. The lowest BCUT2D eigenvalue weighted by Gasteiger charge is -2.37. The van der Waals surface area contributed by atoms with Gasteiger partial charge < -0.3 is 39.4 Å². The highest BCUT2D eigenvalue weighted by Gasteiger charge is 2.31. The minimum atomic E-state index is -0.703. The number of nitrogens with one attached hydrogen (secondary N) is 2. The Kier molecular flexibility index (Phi) is 15.5. The van der Waals surface area contributed by atoms with Crippen LogP contribution in [0.4, 0.5) is 9.59 Å². The van der Waals surface area contributed by atoms with Gasteiger partial charge in [-0.15, -0.1) is 0 Å². The minimum absolute atomic E-state index is 0.00967. The summed E-state index contributed by atoms with van der Waals surface area (Å²) in [5.41, 5.74) is 3.82. The fourth-order valence-electron chi connectivity index (χ4n) is 6.89. The van der Waals surface area contributed by atoms with Crippen molar-refractivity contribution in [2.75, 3.05) is 39.4 Å². The topological polar surface area (TPSA) is 150 Å². The zero-order chi connectivity index (χ0) is 40.9. The summed E-state index contributed by atoms with van der Waals surface area (Å²) in [6.07, 6.45) is 0.554. The van der Waals surface area contributed by atoms with Crippen LogP contribution in [-0.2, 0) is 44.9 Å². The molecule has 58 heavy (non-hydrogen) atoms. The molecule has 5 aromatic rings. The number of H-pyrrole nitrogens is 1. The molecule has 1 atom stereocenters. The average molecular weight is 850 g/mol. The molecule has 0 saturated carbocycles. The van der Waals surface area contributed by atoms with E-state index in [2.05, 4.69) is 10.3 Å². The largest absolute Gasteiger partial charge is 0.506 e. The molecule has 1 aromatic heterocycles. The lowest BCUT2D eigenvalue weighted by atomic mass is 10.0. The lowest BCUT2D eigenvalue weighted by molar-refractivity contribution is -0.137. The van der Waals surface area contributed by atoms with Crippen molar-refractivity contribution < 1.29 is 33.7 Å². The van der Waals surface area contributed by atoms with Crippen LogP contribution in [-0.4, -0.2) is 89.5 Å². The molecule has 3 N–H and O–H groups in total. The van der Waals surface area contributed by atoms with Gasteiger partial charge in [0.15, 0.2) is 0 Å². The Labute approximate surface area is 350 Å². The van der Waals surface area contributed by atoms with Crippen molar-refractivity contribution in [2.45, 2.75) is 57.3 Å². The Morgan fingerprint density at radius 3 is 2.34 bits per heavy atom. The van der Waals surface area contributed by atoms with Gasteiger partial charge in [-0.3, -0.25) is 9.59 Å². The summed E-state index contributed by atoms with van der Waals surface area (Å²) in [6.45, 7) is 1.77. The van der Waals surface area contributed by atoms with Gasteiger partial charge in [-0.25, -0.2) is 9.59 Å². The number of phenols is 1. The number of phenolic OH excluding ortho intramolecular Hbond substituents is 1. The van der Waals surface area contributed by atoms with E-state index < -0.39 is 18.3 Å². The van der Waals surface area contributed by atoms with Gasteiger partial charge in [0.2, 0.25) is 5.91 Å². The van der Waals surface area contributed by atoms with E-state index in [4.69, 9.17) is 37.4 Å². The second kappa shape index (κ2) is 21.1. The number of aromatic nitrogens is 1. The molecular weight excluding hydrogens is 803 g/mol. The average Bonchev–Trinajstić information content (AvgIpc) is 3.64. The highest BCUT2D eigenvalue weighted by atomic mass is 35.5. The Morgan fingerprint density at radius 1 is 0.897 bits per heavy atom. The number of aromatic hydroxyl groups is 1. The van der Waals surface area contributed by atoms with E-state index in [9.17, 15) is 24.3 Å². The van der Waals surface area contributed by atoms with Crippen molar-refractivity contribution in [3.63, 3.8) is 0 Å². The van der Waals surface area contributed by atoms with Gasteiger partial charge in [-0.05, 0) is 66.1 Å². The first-order valence-electron chi connectivity index (χ1n) is 19.2. The number of halogens is 2. The van der Waals surface area contributed by atoms with Gasteiger partial charge in [0, 0.05) is 51.7 Å². The van der Waals surface area contributed by atoms with E-state index in [0.717, 1.165) is 33.6 Å². The van der Waals surface area contributed by atoms with Gasteiger partial charge in [0.25, 0.3) is 0 Å². The van der Waals surface area contributed by atoms with Crippen LogP contribution in [0.2, 0.25) is 10.0 Å². The summed E-state index contributed by atoms with van der Waals surface area (Å²) in [4.78, 5) is 58.8. The summed E-state index contributed by atoms with van der Waals surface area (Å²) in [6, 6.07) is 27.4. The third kappa shape index (κ3) is 12.2. The molecule has 0 aliphatic carbocycles. The number of benzene rings is 4. The van der Waals surface area contributed by atoms with Gasteiger partial charge in [0.1, 0.15) is 24.0 Å². The summed E-state index contributed by atoms with van der Waals surface area (Å²) in [5.74, 6) is -0.206. The molecule has 12 nitrogen and oxygen atoms in total. The number of nitrogens with zero attached hydrogens (tertiary/aromatic N) is 2. The molecule has 2 heterocycles. The van der Waals surface area contributed by atoms with E-state index in [1.54, 1.807) is 23.1 Å². The van der Waals surface area contributed by atoms with Crippen molar-refractivity contribution in [2.24, 2.45) is 0 Å². The molecule has 1 unspecified atom stereocenters. The third-order valence-electron chi connectivity index (χ3n) is 9.95. The van der Waals surface area contributed by atoms with E-state index in [1.807, 2.05) is 66.7 Å². The molecule has 4 aromatic carbocycles. The smallest absolute Gasteiger partial charge is 0.410 e. The summed E-state index contributed by atoms with van der Waals surface area (Å²) < 4.78 is 18.0. The molecule has 1 aliphatic rings. The van der Waals surface area contributed by atoms with Gasteiger partial charge >= 0.3 is 17.1 Å². The standard InChI is InChI=1S/C43H46Cl2N4O8S/c44-35-13-11-30(26-36(35)45)16-21-48(43(54)56-28-31-9-5-2-6-10-31)22-17-38(51)49(33-18-23-55-24-19-33)27-34(25-29-7-3-1-4-8-29)57-41(52)46-20-15-32-12-14-37(50)39-40(32)58-42(53)47-39/h1-14,26,33-34,50H,15-25,27-28H2,(H,46,52)(H,47,53). The quantitative estimate of drug-likeness (QED) is 0.0860. The summed E-state index contributed by atoms with van der Waals surface area (Å²) in [5, 5.41) is 13.8. The highest BCUT2D eigenvalue weighted by Crippen LogP contribution is 2.28. The zero-order valence-corrected chi connectivity index (χ0v) is 34.2. The third-order valence-corrected chi connectivity index (χ3v) is 11.6. The number of ether oxygens (including phenoxy) is 3. The number of hydrogen-bond donors (Lipinski definition) is 3. The Morgan fingerprint density at radius 2 is 1.62 bits per heavy atom. The van der Waals surface area contributed by atoms with Crippen LogP contribution in [0.1, 0.15) is 41.5 Å². The van der Waals surface area contributed by atoms with Crippen molar-refractivity contribution in [1.82, 2.24) is 20.1 Å². The van der Waals surface area contributed by atoms with Crippen LogP contribution in [0, 0.1) is 0 Å². The number of rotatable bonds is 17. The van der Waals surface area contributed by atoms with Crippen molar-refractivity contribution >= 4 is 62.8 Å². The van der Waals surface area contributed by atoms with E-state index >= 15 is 0 Å². The van der Waals surface area contributed by atoms with Crippen LogP contribution < -0.4 is 10.2 Å². The molecule has 1 fully saturated rings. The van der Waals surface area contributed by atoms with Crippen LogP contribution >= 0.6 is 34.5 Å². The minimum Gasteiger partial charge on any atom is -0.506 e. The van der Waals surface area contributed by atoms with E-state index in [-0.39, 0.29) is 61.8 Å². The number of thiazole rings is 1. The highest BCUT2D eigenvalue weighted by molar-refractivity contribution is 7.16. The summed E-state index contributed by atoms with van der Waals surface area (Å²) in [7, 11) is 0. The second-order valence-electron chi connectivity index (χ2n) is 14.0. The fraction of sp³-hybridized carbons (Fsp3) is 0.349. The van der Waals surface area contributed by atoms with Gasteiger partial charge in [-0.1, -0.05) is 107 Å². The summed E-state index contributed by atoms with van der Waals surface area (Å²) >= 11 is 13.4. The molecule has 1 aliphatic heterocycles. The number of carbonyl (C=O) groups excluding carboxylic acids is 3. The lowest BCUT2D eigenvalue weighted by Crippen LogP contribution is -2.49. The SMILES string of the molecule is O=C(NCCc1ccc(O)c2[nH]c(=O)sc12)OC(Cc1ccccc1)CN(C(=O)CCN(CCc1ccc(Cl)c(Cl)c1)C(=O)OCc1ccccc1)C1CCOCC1. The molecule has 0 spiro atoms. The monoisotopic (exact) mass is 848 g/mol. The first kappa shape index (κ1) is 42.5. The first-order valence-corrected chi connectivity index (χ1v) is 20.8. The molecule has 1 saturated heterocycles. The molecule has 0 radical (unpaired) electrons. The maximum atomic E-state index is 14.3. The van der Waals surface area contributed by atoms with Crippen LogP contribution in [0.15, 0.2) is 95.8 Å². The van der Waals surface area contributed by atoms with Crippen LogP contribution in [0.5, 0.6) is 5.75 Å². The number of fused-ring (bicyclic) bond motifs is 1. The van der Waals surface area contributed by atoms with Crippen molar-refractivity contribution in [3.05, 3.63) is 133 Å². The van der Waals surface area contributed by atoms with Crippen molar-refractivity contribution in [1.29, 1.82) is 0 Å². The maximum absolute atomic E-state index is 14.3. The molecule has 15 heteroatoms. The first-order chi connectivity index (χ1) is 28.1. The molecule has 6 rings (SSSR count). The maximum Gasteiger partial charge on any atom is 0.410 e. The molecule has 306 valence electrons. The second-order valence-corrected chi connectivity index (χ2v) is 15.8. The Balaban J connectivity index is 1.14. The van der Waals surface area contributed by atoms with Crippen LogP contribution in [0.25, 0.3) is 10.2 Å². The molecular formula is C43H46Cl2N4O8S. The number of amides is 3.